The van der Waals surface area contributed by atoms with E-state index in [0.29, 0.717) is 10.8 Å². The van der Waals surface area contributed by atoms with Crippen LogP contribution in [0.2, 0.25) is 5.02 Å². The Morgan fingerprint density at radius 3 is 2.45 bits per heavy atom. The van der Waals surface area contributed by atoms with Gasteiger partial charge >= 0.3 is 0 Å². The first kappa shape index (κ1) is 14.9. The Morgan fingerprint density at radius 1 is 1.25 bits per heavy atom. The summed E-state index contributed by atoms with van der Waals surface area (Å²) in [5.74, 6) is 1.71. The van der Waals surface area contributed by atoms with Crippen LogP contribution in [0.4, 0.5) is 5.82 Å². The molecule has 20 heavy (non-hydrogen) atoms. The molecule has 0 saturated carbocycles. The van der Waals surface area contributed by atoms with Crippen LogP contribution >= 0.6 is 11.6 Å². The molecule has 0 spiro atoms. The maximum absolute atomic E-state index is 6.33. The summed E-state index contributed by atoms with van der Waals surface area (Å²) in [6, 6.07) is 7.70. The minimum Gasteiger partial charge on any atom is -0.383 e. The molecule has 2 aromatic rings. The molecule has 0 bridgehead atoms. The maximum Gasteiger partial charge on any atom is 0.131 e. The standard InChI is InChI=1S/C16H22ClN3/c1-5-10-20-14(18)13(19-15(20)16(2,3)4)11-8-6-7-9-12(11)17/h6-9H,5,10,18H2,1-4H3. The normalized spacial score (nSPS) is 11.8. The molecule has 0 amide bonds. The molecule has 0 aliphatic carbocycles. The molecule has 3 nitrogen and oxygen atoms in total. The average Bonchev–Trinajstić information content (AvgIpc) is 2.68. The van der Waals surface area contributed by atoms with Crippen molar-refractivity contribution in [2.75, 3.05) is 5.73 Å². The van der Waals surface area contributed by atoms with Gasteiger partial charge in [0.05, 0.1) is 5.02 Å². The fraction of sp³-hybridized carbons (Fsp3) is 0.438. The van der Waals surface area contributed by atoms with Crippen molar-refractivity contribution in [2.24, 2.45) is 0 Å². The van der Waals surface area contributed by atoms with E-state index in [1.54, 1.807) is 0 Å². The predicted octanol–water partition coefficient (Wildman–Crippen LogP) is 4.49. The number of nitrogens with zero attached hydrogens (tertiary/aromatic N) is 2. The summed E-state index contributed by atoms with van der Waals surface area (Å²) in [4.78, 5) is 4.78. The van der Waals surface area contributed by atoms with Gasteiger partial charge < -0.3 is 10.3 Å². The molecule has 0 aliphatic heterocycles. The van der Waals surface area contributed by atoms with Crippen LogP contribution in [0.5, 0.6) is 0 Å². The fourth-order valence-corrected chi connectivity index (χ4v) is 2.56. The molecule has 0 radical (unpaired) electrons. The fourth-order valence-electron chi connectivity index (χ4n) is 2.34. The smallest absolute Gasteiger partial charge is 0.131 e. The van der Waals surface area contributed by atoms with E-state index >= 15 is 0 Å². The third kappa shape index (κ3) is 2.68. The van der Waals surface area contributed by atoms with Crippen LogP contribution in [-0.4, -0.2) is 9.55 Å². The van der Waals surface area contributed by atoms with Crippen LogP contribution in [0.25, 0.3) is 11.3 Å². The largest absolute Gasteiger partial charge is 0.383 e. The number of hydrogen-bond donors (Lipinski definition) is 1. The summed E-state index contributed by atoms with van der Waals surface area (Å²) in [5.41, 5.74) is 7.96. The first-order chi connectivity index (χ1) is 9.36. The molecule has 108 valence electrons. The lowest BCUT2D eigenvalue weighted by molar-refractivity contribution is 0.498. The molecule has 1 aromatic heterocycles. The first-order valence-electron chi connectivity index (χ1n) is 6.97. The van der Waals surface area contributed by atoms with Gasteiger partial charge in [-0.2, -0.15) is 0 Å². The van der Waals surface area contributed by atoms with Crippen LogP contribution in [0.15, 0.2) is 24.3 Å². The van der Waals surface area contributed by atoms with Crippen LogP contribution in [0, 0.1) is 0 Å². The number of nitrogens with two attached hydrogens (primary N) is 1. The van der Waals surface area contributed by atoms with E-state index in [4.69, 9.17) is 22.3 Å². The monoisotopic (exact) mass is 291 g/mol. The number of imidazole rings is 1. The second-order valence-corrected chi connectivity index (χ2v) is 6.46. The van der Waals surface area contributed by atoms with Crippen LogP contribution in [0.3, 0.4) is 0 Å². The van der Waals surface area contributed by atoms with E-state index in [0.717, 1.165) is 30.0 Å². The van der Waals surface area contributed by atoms with Gasteiger partial charge in [-0.1, -0.05) is 57.5 Å². The van der Waals surface area contributed by atoms with Gasteiger partial charge in [-0.3, -0.25) is 0 Å². The van der Waals surface area contributed by atoms with E-state index in [-0.39, 0.29) is 5.41 Å². The second kappa shape index (κ2) is 5.49. The molecule has 0 saturated heterocycles. The van der Waals surface area contributed by atoms with Crippen molar-refractivity contribution >= 4 is 17.4 Å². The molecule has 1 aromatic carbocycles. The Balaban J connectivity index is 2.65. The van der Waals surface area contributed by atoms with Crippen molar-refractivity contribution < 1.29 is 0 Å². The molecule has 0 aliphatic rings. The molecular formula is C16H22ClN3. The zero-order valence-corrected chi connectivity index (χ0v) is 13.3. The van der Waals surface area contributed by atoms with Crippen LogP contribution in [0.1, 0.15) is 39.9 Å². The van der Waals surface area contributed by atoms with Gasteiger partial charge in [-0.25, -0.2) is 4.98 Å². The van der Waals surface area contributed by atoms with E-state index in [9.17, 15) is 0 Å². The highest BCUT2D eigenvalue weighted by atomic mass is 35.5. The lowest BCUT2D eigenvalue weighted by Gasteiger charge is -2.19. The molecule has 4 heteroatoms. The predicted molar refractivity (Wildman–Crippen MR) is 86.1 cm³/mol. The number of hydrogen-bond acceptors (Lipinski definition) is 2. The van der Waals surface area contributed by atoms with Crippen molar-refractivity contribution in [2.45, 2.75) is 46.1 Å². The van der Waals surface area contributed by atoms with Crippen molar-refractivity contribution in [3.63, 3.8) is 0 Å². The van der Waals surface area contributed by atoms with E-state index in [1.165, 1.54) is 0 Å². The van der Waals surface area contributed by atoms with Crippen LogP contribution in [-0.2, 0) is 12.0 Å². The third-order valence-electron chi connectivity index (χ3n) is 3.25. The summed E-state index contributed by atoms with van der Waals surface area (Å²) in [6.07, 6.45) is 1.02. The van der Waals surface area contributed by atoms with Gasteiger partial charge in [-0.15, -0.1) is 0 Å². The van der Waals surface area contributed by atoms with Gasteiger partial charge in [0.15, 0.2) is 0 Å². The number of halogens is 1. The second-order valence-electron chi connectivity index (χ2n) is 6.05. The Labute approximate surface area is 125 Å². The zero-order chi connectivity index (χ0) is 14.9. The quantitative estimate of drug-likeness (QED) is 0.905. The number of rotatable bonds is 3. The van der Waals surface area contributed by atoms with Gasteiger partial charge in [0.2, 0.25) is 0 Å². The highest BCUT2D eigenvalue weighted by Crippen LogP contribution is 2.35. The molecule has 2 N–H and O–H groups in total. The summed E-state index contributed by atoms with van der Waals surface area (Å²) in [7, 11) is 0. The molecule has 0 atom stereocenters. The third-order valence-corrected chi connectivity index (χ3v) is 3.58. The molecule has 1 heterocycles. The van der Waals surface area contributed by atoms with E-state index in [2.05, 4.69) is 32.3 Å². The highest BCUT2D eigenvalue weighted by molar-refractivity contribution is 6.33. The van der Waals surface area contributed by atoms with Crippen molar-refractivity contribution in [3.8, 4) is 11.3 Å². The van der Waals surface area contributed by atoms with Crippen molar-refractivity contribution in [1.29, 1.82) is 0 Å². The average molecular weight is 292 g/mol. The minimum atomic E-state index is -0.0528. The first-order valence-corrected chi connectivity index (χ1v) is 7.35. The van der Waals surface area contributed by atoms with Gasteiger partial charge in [-0.05, 0) is 12.5 Å². The van der Waals surface area contributed by atoms with Crippen molar-refractivity contribution in [3.05, 3.63) is 35.1 Å². The summed E-state index contributed by atoms with van der Waals surface area (Å²) < 4.78 is 2.11. The lowest BCUT2D eigenvalue weighted by atomic mass is 9.95. The number of benzene rings is 1. The van der Waals surface area contributed by atoms with Crippen LogP contribution < -0.4 is 5.73 Å². The van der Waals surface area contributed by atoms with Gasteiger partial charge in [0.25, 0.3) is 0 Å². The number of aromatic nitrogens is 2. The van der Waals surface area contributed by atoms with E-state index < -0.39 is 0 Å². The SMILES string of the molecule is CCCn1c(C(C)(C)C)nc(-c2ccccc2Cl)c1N. The zero-order valence-electron chi connectivity index (χ0n) is 12.6. The Hall–Kier alpha value is -1.48. The minimum absolute atomic E-state index is 0.0528. The number of nitrogen functional groups attached to an aromatic ring is 1. The summed E-state index contributed by atoms with van der Waals surface area (Å²) in [6.45, 7) is 9.46. The molecule has 2 rings (SSSR count). The Morgan fingerprint density at radius 2 is 1.90 bits per heavy atom. The Bertz CT molecular complexity index is 609. The Kier molecular flexibility index (Phi) is 4.09. The summed E-state index contributed by atoms with van der Waals surface area (Å²) in [5, 5.41) is 0.681. The molecule has 0 unspecified atom stereocenters. The summed E-state index contributed by atoms with van der Waals surface area (Å²) >= 11 is 6.28. The molecule has 0 fully saturated rings. The number of anilines is 1. The van der Waals surface area contributed by atoms with Gasteiger partial charge in [0, 0.05) is 17.5 Å². The highest BCUT2D eigenvalue weighted by Gasteiger charge is 2.25. The maximum atomic E-state index is 6.33. The van der Waals surface area contributed by atoms with E-state index in [1.807, 2.05) is 24.3 Å². The topological polar surface area (TPSA) is 43.8 Å². The van der Waals surface area contributed by atoms with Crippen molar-refractivity contribution in [1.82, 2.24) is 9.55 Å². The molecular weight excluding hydrogens is 270 g/mol. The lowest BCUT2D eigenvalue weighted by Crippen LogP contribution is -2.19. The van der Waals surface area contributed by atoms with Gasteiger partial charge in [0.1, 0.15) is 17.3 Å².